The molecule has 1 fully saturated rings. The van der Waals surface area contributed by atoms with Gasteiger partial charge in [-0.2, -0.15) is 11.8 Å². The molecule has 1 aliphatic rings. The van der Waals surface area contributed by atoms with E-state index in [4.69, 9.17) is 4.74 Å². The number of nitrogens with zero attached hydrogens (tertiary/aromatic N) is 1. The van der Waals surface area contributed by atoms with Crippen LogP contribution in [0.2, 0.25) is 0 Å². The van der Waals surface area contributed by atoms with Crippen LogP contribution in [-0.4, -0.2) is 49.7 Å². The third-order valence-corrected chi connectivity index (χ3v) is 4.72. The molecule has 19 heavy (non-hydrogen) atoms. The second-order valence-corrected chi connectivity index (χ2v) is 6.04. The van der Waals surface area contributed by atoms with Crippen LogP contribution in [0.4, 0.5) is 0 Å². The first kappa shape index (κ1) is 14.7. The second-order valence-electron chi connectivity index (χ2n) is 4.89. The van der Waals surface area contributed by atoms with Crippen LogP contribution >= 0.6 is 11.8 Å². The summed E-state index contributed by atoms with van der Waals surface area (Å²) in [6, 6.07) is 9.37. The summed E-state index contributed by atoms with van der Waals surface area (Å²) in [5.41, 5.74) is 1.31. The zero-order valence-electron chi connectivity index (χ0n) is 12.1. The van der Waals surface area contributed by atoms with Gasteiger partial charge in [0.1, 0.15) is 5.75 Å². The lowest BCUT2D eigenvalue weighted by Gasteiger charge is -2.38. The van der Waals surface area contributed by atoms with E-state index in [1.807, 2.05) is 31.8 Å². The Morgan fingerprint density at radius 3 is 3.05 bits per heavy atom. The van der Waals surface area contributed by atoms with Crippen molar-refractivity contribution in [3.8, 4) is 5.75 Å². The van der Waals surface area contributed by atoms with Gasteiger partial charge in [-0.3, -0.25) is 4.90 Å². The van der Waals surface area contributed by atoms with Crippen molar-refractivity contribution in [2.45, 2.75) is 19.0 Å². The second kappa shape index (κ2) is 7.17. The van der Waals surface area contributed by atoms with Crippen molar-refractivity contribution in [3.63, 3.8) is 0 Å². The molecule has 1 aromatic rings. The minimum absolute atomic E-state index is 0.359. The maximum Gasteiger partial charge on any atom is 0.119 e. The predicted molar refractivity (Wildman–Crippen MR) is 83.2 cm³/mol. The molecular weight excluding hydrogens is 256 g/mol. The molecule has 1 N–H and O–H groups in total. The van der Waals surface area contributed by atoms with Crippen LogP contribution in [0.25, 0.3) is 0 Å². The van der Waals surface area contributed by atoms with Gasteiger partial charge in [0, 0.05) is 30.1 Å². The molecule has 2 rings (SSSR count). The van der Waals surface area contributed by atoms with Crippen molar-refractivity contribution >= 4 is 11.8 Å². The lowest BCUT2D eigenvalue weighted by atomic mass is 9.99. The van der Waals surface area contributed by atoms with Gasteiger partial charge in [-0.25, -0.2) is 0 Å². The highest BCUT2D eigenvalue weighted by atomic mass is 32.2. The highest BCUT2D eigenvalue weighted by Gasteiger charge is 2.28. The lowest BCUT2D eigenvalue weighted by Crippen LogP contribution is -2.47. The molecule has 0 aromatic heterocycles. The van der Waals surface area contributed by atoms with Crippen molar-refractivity contribution < 1.29 is 4.74 Å². The molecule has 0 radical (unpaired) electrons. The average Bonchev–Trinajstić information content (AvgIpc) is 2.43. The number of rotatable bonds is 5. The van der Waals surface area contributed by atoms with E-state index in [2.05, 4.69) is 35.5 Å². The van der Waals surface area contributed by atoms with Crippen LogP contribution in [0.5, 0.6) is 5.75 Å². The molecule has 0 spiro atoms. The molecule has 1 aliphatic heterocycles. The molecule has 2 unspecified atom stereocenters. The van der Waals surface area contributed by atoms with E-state index in [0.717, 1.165) is 5.75 Å². The van der Waals surface area contributed by atoms with Gasteiger partial charge < -0.3 is 10.1 Å². The summed E-state index contributed by atoms with van der Waals surface area (Å²) in [5.74, 6) is 3.38. The van der Waals surface area contributed by atoms with E-state index in [1.54, 1.807) is 0 Å². The van der Waals surface area contributed by atoms with Crippen LogP contribution in [0.3, 0.4) is 0 Å². The van der Waals surface area contributed by atoms with Gasteiger partial charge in [0.2, 0.25) is 0 Å². The van der Waals surface area contributed by atoms with Crippen LogP contribution in [-0.2, 0) is 0 Å². The van der Waals surface area contributed by atoms with E-state index in [-0.39, 0.29) is 0 Å². The minimum Gasteiger partial charge on any atom is -0.494 e. The number of benzene rings is 1. The fourth-order valence-electron chi connectivity index (χ4n) is 2.60. The summed E-state index contributed by atoms with van der Waals surface area (Å²) < 4.78 is 5.61. The molecule has 3 nitrogen and oxygen atoms in total. The highest BCUT2D eigenvalue weighted by Crippen LogP contribution is 2.28. The van der Waals surface area contributed by atoms with Gasteiger partial charge in [-0.05, 0) is 38.7 Å². The maximum atomic E-state index is 5.61. The molecule has 0 aliphatic carbocycles. The Balaban J connectivity index is 2.18. The van der Waals surface area contributed by atoms with Gasteiger partial charge in [-0.1, -0.05) is 12.1 Å². The van der Waals surface area contributed by atoms with Crippen molar-refractivity contribution in [1.82, 2.24) is 10.2 Å². The summed E-state index contributed by atoms with van der Waals surface area (Å²) in [7, 11) is 4.27. The Bertz CT molecular complexity index is 399. The van der Waals surface area contributed by atoms with Crippen molar-refractivity contribution in [3.05, 3.63) is 29.8 Å². The van der Waals surface area contributed by atoms with Crippen LogP contribution in [0.15, 0.2) is 24.3 Å². The van der Waals surface area contributed by atoms with Crippen molar-refractivity contribution in [2.24, 2.45) is 0 Å². The SMILES string of the molecule is CCOc1cccc(C(NC)C2CSCCN2C)c1. The van der Waals surface area contributed by atoms with Crippen molar-refractivity contribution in [2.75, 3.05) is 38.8 Å². The third kappa shape index (κ3) is 3.65. The molecule has 0 bridgehead atoms. The van der Waals surface area contributed by atoms with Gasteiger partial charge >= 0.3 is 0 Å². The lowest BCUT2D eigenvalue weighted by molar-refractivity contribution is 0.221. The van der Waals surface area contributed by atoms with E-state index >= 15 is 0 Å². The first-order valence-corrected chi connectivity index (χ1v) is 8.09. The number of likely N-dealkylation sites (N-methyl/N-ethyl adjacent to an activating group) is 2. The Morgan fingerprint density at radius 1 is 1.53 bits per heavy atom. The van der Waals surface area contributed by atoms with Gasteiger partial charge in [-0.15, -0.1) is 0 Å². The first-order chi connectivity index (χ1) is 9.26. The topological polar surface area (TPSA) is 24.5 Å². The van der Waals surface area contributed by atoms with E-state index < -0.39 is 0 Å². The standard InChI is InChI=1S/C15H24N2OS/c1-4-18-13-7-5-6-12(10-13)15(16-2)14-11-19-9-8-17(14)3/h5-7,10,14-16H,4,8-9,11H2,1-3H3. The molecule has 1 aromatic carbocycles. The third-order valence-electron chi connectivity index (χ3n) is 3.67. The fraction of sp³-hybridized carbons (Fsp3) is 0.600. The Kier molecular flexibility index (Phi) is 5.55. The molecule has 2 atom stereocenters. The average molecular weight is 280 g/mol. The molecular formula is C15H24N2OS. The van der Waals surface area contributed by atoms with Crippen LogP contribution < -0.4 is 10.1 Å². The number of hydrogen-bond donors (Lipinski definition) is 1. The number of ether oxygens (including phenoxy) is 1. The van der Waals surface area contributed by atoms with Crippen molar-refractivity contribution in [1.29, 1.82) is 0 Å². The molecule has 4 heteroatoms. The Morgan fingerprint density at radius 2 is 2.37 bits per heavy atom. The summed E-state index contributed by atoms with van der Waals surface area (Å²) in [6.07, 6.45) is 0. The van der Waals surface area contributed by atoms with Gasteiger partial charge in [0.15, 0.2) is 0 Å². The molecule has 0 saturated carbocycles. The van der Waals surface area contributed by atoms with E-state index in [0.29, 0.717) is 18.7 Å². The molecule has 1 saturated heterocycles. The Labute approximate surface area is 120 Å². The zero-order chi connectivity index (χ0) is 13.7. The highest BCUT2D eigenvalue weighted by molar-refractivity contribution is 7.99. The summed E-state index contributed by atoms with van der Waals surface area (Å²) >= 11 is 2.05. The Hall–Kier alpha value is -0.710. The number of thioether (sulfide) groups is 1. The quantitative estimate of drug-likeness (QED) is 0.895. The predicted octanol–water partition coefficient (Wildman–Crippen LogP) is 2.39. The monoisotopic (exact) mass is 280 g/mol. The van der Waals surface area contributed by atoms with Crippen LogP contribution in [0, 0.1) is 0 Å². The minimum atomic E-state index is 0.359. The maximum absolute atomic E-state index is 5.61. The summed E-state index contributed by atoms with van der Waals surface area (Å²) in [5, 5.41) is 3.48. The van der Waals surface area contributed by atoms with Gasteiger partial charge in [0.25, 0.3) is 0 Å². The van der Waals surface area contributed by atoms with E-state index in [1.165, 1.54) is 23.6 Å². The number of hydrogen-bond acceptors (Lipinski definition) is 4. The molecule has 106 valence electrons. The zero-order valence-corrected chi connectivity index (χ0v) is 12.9. The molecule has 1 heterocycles. The summed E-state index contributed by atoms with van der Waals surface area (Å²) in [4.78, 5) is 2.46. The van der Waals surface area contributed by atoms with Gasteiger partial charge in [0.05, 0.1) is 6.61 Å². The fourth-order valence-corrected chi connectivity index (χ4v) is 3.87. The first-order valence-electron chi connectivity index (χ1n) is 6.94. The van der Waals surface area contributed by atoms with Crippen LogP contribution in [0.1, 0.15) is 18.5 Å². The smallest absolute Gasteiger partial charge is 0.119 e. The largest absolute Gasteiger partial charge is 0.494 e. The summed E-state index contributed by atoms with van der Waals surface area (Å²) in [6.45, 7) is 3.90. The molecule has 0 amide bonds. The number of nitrogens with one attached hydrogen (secondary N) is 1. The normalized spacial score (nSPS) is 22.2. The van der Waals surface area contributed by atoms with E-state index in [9.17, 15) is 0 Å².